The molecule has 26 heavy (non-hydrogen) atoms. The molecule has 0 bridgehead atoms. The maximum absolute atomic E-state index is 12.4. The van der Waals surface area contributed by atoms with Crippen molar-refractivity contribution in [2.45, 2.75) is 25.6 Å². The number of aromatic nitrogens is 2. The molecule has 1 atom stereocenters. The fourth-order valence-corrected chi connectivity index (χ4v) is 2.86. The largest absolute Gasteiger partial charge is 0.354 e. The Morgan fingerprint density at radius 3 is 2.85 bits per heavy atom. The molecular formula is C17H18ClN5O3. The Kier molecular flexibility index (Phi) is 5.52. The smallest absolute Gasteiger partial charge is 0.325 e. The first-order valence-corrected chi connectivity index (χ1v) is 8.50. The molecule has 136 valence electrons. The second-order valence-electron chi connectivity index (χ2n) is 5.87. The Balaban J connectivity index is 1.51. The number of imidazole rings is 1. The number of amides is 4. The molecule has 1 saturated heterocycles. The zero-order chi connectivity index (χ0) is 18.5. The molecule has 1 fully saturated rings. The van der Waals surface area contributed by atoms with Crippen molar-refractivity contribution in [1.29, 1.82) is 0 Å². The summed E-state index contributed by atoms with van der Waals surface area (Å²) in [7, 11) is 0. The van der Waals surface area contributed by atoms with Gasteiger partial charge in [0.25, 0.3) is 5.91 Å². The lowest BCUT2D eigenvalue weighted by Crippen LogP contribution is -2.37. The predicted molar refractivity (Wildman–Crippen MR) is 94.2 cm³/mol. The van der Waals surface area contributed by atoms with Gasteiger partial charge in [0.1, 0.15) is 6.04 Å². The Bertz CT molecular complexity index is 808. The summed E-state index contributed by atoms with van der Waals surface area (Å²) < 4.78 is 1.83. The highest BCUT2D eigenvalue weighted by Gasteiger charge is 2.39. The van der Waals surface area contributed by atoms with Gasteiger partial charge in [-0.25, -0.2) is 9.78 Å². The fraction of sp³-hybridized carbons (Fsp3) is 0.294. The summed E-state index contributed by atoms with van der Waals surface area (Å²) in [5.41, 5.74) is 0.670. The maximum atomic E-state index is 12.4. The van der Waals surface area contributed by atoms with Crippen LogP contribution in [-0.4, -0.2) is 44.9 Å². The number of carbonyl (C=O) groups is 3. The first-order chi connectivity index (χ1) is 12.5. The molecule has 0 unspecified atom stereocenters. The van der Waals surface area contributed by atoms with E-state index in [0.29, 0.717) is 23.7 Å². The zero-order valence-electron chi connectivity index (χ0n) is 13.9. The van der Waals surface area contributed by atoms with E-state index in [2.05, 4.69) is 15.6 Å². The lowest BCUT2D eigenvalue weighted by molar-refractivity contribution is -0.131. The minimum absolute atomic E-state index is 0.0725. The molecule has 1 aliphatic heterocycles. The van der Waals surface area contributed by atoms with Gasteiger partial charge in [-0.15, -0.1) is 0 Å². The molecule has 8 nitrogen and oxygen atoms in total. The molecule has 1 aromatic heterocycles. The quantitative estimate of drug-likeness (QED) is 0.710. The van der Waals surface area contributed by atoms with Crippen molar-refractivity contribution >= 4 is 29.4 Å². The van der Waals surface area contributed by atoms with E-state index in [1.807, 2.05) is 4.57 Å². The van der Waals surface area contributed by atoms with Crippen LogP contribution < -0.4 is 10.6 Å². The molecule has 1 aromatic carbocycles. The Labute approximate surface area is 155 Å². The van der Waals surface area contributed by atoms with Gasteiger partial charge in [0.15, 0.2) is 0 Å². The number of hydrogen-bond acceptors (Lipinski definition) is 4. The van der Waals surface area contributed by atoms with Crippen molar-refractivity contribution < 1.29 is 14.4 Å². The van der Waals surface area contributed by atoms with Crippen LogP contribution in [-0.2, 0) is 22.7 Å². The molecule has 0 aliphatic carbocycles. The van der Waals surface area contributed by atoms with Crippen molar-refractivity contribution in [3.63, 3.8) is 0 Å². The molecule has 0 radical (unpaired) electrons. The van der Waals surface area contributed by atoms with Crippen molar-refractivity contribution in [1.82, 2.24) is 25.1 Å². The van der Waals surface area contributed by atoms with Gasteiger partial charge in [0.2, 0.25) is 5.91 Å². The van der Waals surface area contributed by atoms with E-state index in [1.165, 1.54) is 0 Å². The molecule has 2 aromatic rings. The molecule has 0 saturated carbocycles. The number of carbonyl (C=O) groups excluding carboxylic acids is 3. The summed E-state index contributed by atoms with van der Waals surface area (Å²) in [6, 6.07) is 5.61. The average molecular weight is 376 g/mol. The third-order valence-electron chi connectivity index (χ3n) is 4.03. The number of urea groups is 1. The maximum Gasteiger partial charge on any atom is 0.325 e. The van der Waals surface area contributed by atoms with Crippen LogP contribution in [0.2, 0.25) is 5.02 Å². The van der Waals surface area contributed by atoms with Gasteiger partial charge >= 0.3 is 6.03 Å². The Morgan fingerprint density at radius 2 is 2.12 bits per heavy atom. The first kappa shape index (κ1) is 17.9. The van der Waals surface area contributed by atoms with Crippen LogP contribution in [0.3, 0.4) is 0 Å². The first-order valence-electron chi connectivity index (χ1n) is 8.12. The van der Waals surface area contributed by atoms with E-state index >= 15 is 0 Å². The van der Waals surface area contributed by atoms with Crippen molar-refractivity contribution in [3.8, 4) is 0 Å². The van der Waals surface area contributed by atoms with Crippen LogP contribution in [0.4, 0.5) is 4.79 Å². The van der Waals surface area contributed by atoms with E-state index in [0.717, 1.165) is 4.90 Å². The number of rotatable bonds is 7. The minimum atomic E-state index is -0.863. The molecule has 9 heteroatoms. The topological polar surface area (TPSA) is 96.3 Å². The van der Waals surface area contributed by atoms with Crippen LogP contribution in [0, 0.1) is 0 Å². The standard InChI is InChI=1S/C17H18ClN5O3/c18-13-4-2-1-3-12(13)10-23-16(25)14(21-17(23)26)9-15(24)20-6-8-22-7-5-19-11-22/h1-5,7,11,14H,6,8-10H2,(H,20,24)(H,21,26)/t14-/m1/s1. The second-order valence-corrected chi connectivity index (χ2v) is 6.28. The average Bonchev–Trinajstić information content (AvgIpc) is 3.21. The summed E-state index contributed by atoms with van der Waals surface area (Å²) in [4.78, 5) is 41.5. The highest BCUT2D eigenvalue weighted by molar-refractivity contribution is 6.31. The lowest BCUT2D eigenvalue weighted by Gasteiger charge is -2.14. The van der Waals surface area contributed by atoms with E-state index < -0.39 is 18.0 Å². The van der Waals surface area contributed by atoms with Crippen molar-refractivity contribution in [2.24, 2.45) is 0 Å². The number of benzene rings is 1. The van der Waals surface area contributed by atoms with Crippen molar-refractivity contribution in [2.75, 3.05) is 6.54 Å². The Morgan fingerprint density at radius 1 is 1.31 bits per heavy atom. The summed E-state index contributed by atoms with van der Waals surface area (Å²) in [5, 5.41) is 5.75. The highest BCUT2D eigenvalue weighted by Crippen LogP contribution is 2.20. The van der Waals surface area contributed by atoms with Gasteiger partial charge in [-0.05, 0) is 11.6 Å². The summed E-state index contributed by atoms with van der Waals surface area (Å²) in [5.74, 6) is -0.733. The summed E-state index contributed by atoms with van der Waals surface area (Å²) in [6.07, 6.45) is 4.99. The fourth-order valence-electron chi connectivity index (χ4n) is 2.66. The van der Waals surface area contributed by atoms with Gasteiger partial charge in [0, 0.05) is 30.5 Å². The molecule has 2 heterocycles. The van der Waals surface area contributed by atoms with E-state index in [9.17, 15) is 14.4 Å². The van der Waals surface area contributed by atoms with Crippen LogP contribution in [0.15, 0.2) is 43.0 Å². The molecular weight excluding hydrogens is 358 g/mol. The van der Waals surface area contributed by atoms with Gasteiger partial charge in [-0.1, -0.05) is 29.8 Å². The van der Waals surface area contributed by atoms with E-state index in [-0.39, 0.29) is 18.9 Å². The molecule has 0 spiro atoms. The van der Waals surface area contributed by atoms with Gasteiger partial charge in [0.05, 0.1) is 19.3 Å². The predicted octanol–water partition coefficient (Wildman–Crippen LogP) is 1.16. The normalized spacial score (nSPS) is 16.7. The number of nitrogens with zero attached hydrogens (tertiary/aromatic N) is 3. The van der Waals surface area contributed by atoms with Gasteiger partial charge < -0.3 is 15.2 Å². The van der Waals surface area contributed by atoms with Gasteiger partial charge in [-0.3, -0.25) is 14.5 Å². The van der Waals surface area contributed by atoms with Crippen LogP contribution in [0.25, 0.3) is 0 Å². The molecule has 4 amide bonds. The van der Waals surface area contributed by atoms with E-state index in [1.54, 1.807) is 43.0 Å². The van der Waals surface area contributed by atoms with E-state index in [4.69, 9.17) is 11.6 Å². The lowest BCUT2D eigenvalue weighted by atomic mass is 10.1. The van der Waals surface area contributed by atoms with Crippen LogP contribution in [0.5, 0.6) is 0 Å². The zero-order valence-corrected chi connectivity index (χ0v) is 14.6. The monoisotopic (exact) mass is 375 g/mol. The highest BCUT2D eigenvalue weighted by atomic mass is 35.5. The molecule has 3 rings (SSSR count). The number of halogens is 1. The van der Waals surface area contributed by atoms with Gasteiger partial charge in [-0.2, -0.15) is 0 Å². The number of imide groups is 1. The third-order valence-corrected chi connectivity index (χ3v) is 4.40. The third kappa shape index (κ3) is 4.20. The van der Waals surface area contributed by atoms with Crippen LogP contribution in [0.1, 0.15) is 12.0 Å². The molecule has 1 aliphatic rings. The SMILES string of the molecule is O=C(C[C@H]1NC(=O)N(Cc2ccccc2Cl)C1=O)NCCn1ccnc1. The Hall–Kier alpha value is -2.87. The summed E-state index contributed by atoms with van der Waals surface area (Å²) >= 11 is 6.08. The second kappa shape index (κ2) is 8.01. The molecule has 2 N–H and O–H groups in total. The minimum Gasteiger partial charge on any atom is -0.354 e. The number of hydrogen-bond donors (Lipinski definition) is 2. The summed E-state index contributed by atoms with van der Waals surface area (Å²) in [6.45, 7) is 1.06. The van der Waals surface area contributed by atoms with Crippen LogP contribution >= 0.6 is 11.6 Å². The number of nitrogens with one attached hydrogen (secondary N) is 2. The van der Waals surface area contributed by atoms with Crippen molar-refractivity contribution in [3.05, 3.63) is 53.6 Å².